The van der Waals surface area contributed by atoms with Gasteiger partial charge in [-0.05, 0) is 25.5 Å². The number of aliphatic hydroxyl groups is 1. The van der Waals surface area contributed by atoms with E-state index in [9.17, 15) is 14.5 Å². The molecule has 0 saturated carbocycles. The summed E-state index contributed by atoms with van der Waals surface area (Å²) in [5, 5.41) is 8.98. The van der Waals surface area contributed by atoms with Crippen molar-refractivity contribution < 1.29 is 23.5 Å². The smallest absolute Gasteiger partial charge is 0.366 e. The normalized spacial score (nSPS) is 19.7. The molecule has 2 aromatic rings. The van der Waals surface area contributed by atoms with Gasteiger partial charge in [-0.3, -0.25) is 9.36 Å². The quantitative estimate of drug-likeness (QED) is 0.748. The van der Waals surface area contributed by atoms with Gasteiger partial charge >= 0.3 is 7.60 Å². The fraction of sp³-hybridized carbons (Fsp3) is 0.316. The predicted molar refractivity (Wildman–Crippen MR) is 98.8 cm³/mol. The molecule has 0 saturated heterocycles. The standard InChI is InChI=1S/C19H22NO5P/c1-3-24-26(23,25-4-2)19(22)16-12-8-9-13-17(16)20(18(19)21)14-15-10-6-5-7-11-15/h5-13,22H,3-4,14H2,1-2H3. The molecule has 1 aliphatic rings. The average Bonchev–Trinajstić information content (AvgIpc) is 2.87. The summed E-state index contributed by atoms with van der Waals surface area (Å²) in [5.41, 5.74) is 1.64. The van der Waals surface area contributed by atoms with Crippen molar-refractivity contribution in [2.24, 2.45) is 0 Å². The van der Waals surface area contributed by atoms with Gasteiger partial charge in [0.2, 0.25) is 0 Å². The number of carbonyl (C=O) groups excluding carboxylic acids is 1. The Bertz CT molecular complexity index is 831. The van der Waals surface area contributed by atoms with Crippen LogP contribution in [-0.4, -0.2) is 24.2 Å². The van der Waals surface area contributed by atoms with Crippen molar-refractivity contribution >= 4 is 19.2 Å². The first-order valence-electron chi connectivity index (χ1n) is 8.55. The third-order valence-corrected chi connectivity index (χ3v) is 6.71. The van der Waals surface area contributed by atoms with Gasteiger partial charge < -0.3 is 19.1 Å². The highest BCUT2D eigenvalue weighted by atomic mass is 31.2. The van der Waals surface area contributed by atoms with Crippen molar-refractivity contribution in [3.05, 3.63) is 65.7 Å². The molecular weight excluding hydrogens is 353 g/mol. The maximum atomic E-state index is 13.4. The largest absolute Gasteiger partial charge is 0.376 e. The summed E-state index contributed by atoms with van der Waals surface area (Å²) < 4.78 is 24.0. The van der Waals surface area contributed by atoms with E-state index in [2.05, 4.69) is 0 Å². The summed E-state index contributed by atoms with van der Waals surface area (Å²) in [5.74, 6) is -0.701. The van der Waals surface area contributed by atoms with Crippen LogP contribution < -0.4 is 4.90 Å². The lowest BCUT2D eigenvalue weighted by Gasteiger charge is -2.30. The Kier molecular flexibility index (Phi) is 5.30. The van der Waals surface area contributed by atoms with Crippen LogP contribution in [0.2, 0.25) is 0 Å². The molecule has 3 rings (SSSR count). The summed E-state index contributed by atoms with van der Waals surface area (Å²) in [6.07, 6.45) is 0. The Morgan fingerprint density at radius 3 is 2.19 bits per heavy atom. The molecule has 1 atom stereocenters. The molecule has 0 aromatic heterocycles. The molecule has 0 fully saturated rings. The highest BCUT2D eigenvalue weighted by molar-refractivity contribution is 7.56. The van der Waals surface area contributed by atoms with Crippen LogP contribution in [0.5, 0.6) is 0 Å². The fourth-order valence-electron chi connectivity index (χ4n) is 3.17. The number of para-hydroxylation sites is 1. The number of nitrogens with zero attached hydrogens (tertiary/aromatic N) is 1. The van der Waals surface area contributed by atoms with E-state index < -0.39 is 18.8 Å². The van der Waals surface area contributed by atoms with Crippen LogP contribution in [0.15, 0.2) is 54.6 Å². The first-order chi connectivity index (χ1) is 12.5. The number of benzene rings is 2. The van der Waals surface area contributed by atoms with E-state index in [4.69, 9.17) is 9.05 Å². The van der Waals surface area contributed by atoms with Gasteiger partial charge in [-0.2, -0.15) is 0 Å². The lowest BCUT2D eigenvalue weighted by molar-refractivity contribution is -0.130. The van der Waals surface area contributed by atoms with E-state index >= 15 is 0 Å². The highest BCUT2D eigenvalue weighted by Crippen LogP contribution is 2.67. The number of carbonyl (C=O) groups is 1. The molecule has 26 heavy (non-hydrogen) atoms. The van der Waals surface area contributed by atoms with Crippen molar-refractivity contribution in [2.75, 3.05) is 18.1 Å². The monoisotopic (exact) mass is 375 g/mol. The van der Waals surface area contributed by atoms with Gasteiger partial charge in [0.25, 0.3) is 11.2 Å². The zero-order valence-electron chi connectivity index (χ0n) is 14.8. The van der Waals surface area contributed by atoms with Crippen LogP contribution in [-0.2, 0) is 30.3 Å². The van der Waals surface area contributed by atoms with Gasteiger partial charge in [0, 0.05) is 5.56 Å². The third-order valence-electron chi connectivity index (χ3n) is 4.29. The number of hydrogen-bond donors (Lipinski definition) is 1. The van der Waals surface area contributed by atoms with Crippen LogP contribution in [0.4, 0.5) is 5.69 Å². The Morgan fingerprint density at radius 2 is 1.58 bits per heavy atom. The molecule has 138 valence electrons. The van der Waals surface area contributed by atoms with Crippen molar-refractivity contribution in [2.45, 2.75) is 25.7 Å². The summed E-state index contributed by atoms with van der Waals surface area (Å²) >= 11 is 0. The lowest BCUT2D eigenvalue weighted by Crippen LogP contribution is -2.41. The Hall–Kier alpha value is -1.98. The molecule has 1 N–H and O–H groups in total. The van der Waals surface area contributed by atoms with Crippen LogP contribution >= 0.6 is 7.60 Å². The molecule has 6 nitrogen and oxygen atoms in total. The minimum atomic E-state index is -4.15. The third kappa shape index (κ3) is 2.89. The topological polar surface area (TPSA) is 76.1 Å². The van der Waals surface area contributed by atoms with Gasteiger partial charge in [-0.15, -0.1) is 0 Å². The van der Waals surface area contributed by atoms with Crippen LogP contribution in [0, 0.1) is 0 Å². The zero-order chi connectivity index (χ0) is 18.8. The summed E-state index contributed by atoms with van der Waals surface area (Å²) in [7, 11) is -4.15. The van der Waals surface area contributed by atoms with Crippen LogP contribution in [0.25, 0.3) is 0 Å². The van der Waals surface area contributed by atoms with E-state index in [0.717, 1.165) is 5.56 Å². The van der Waals surface area contributed by atoms with Crippen molar-refractivity contribution in [1.82, 2.24) is 0 Å². The molecule has 7 heteroatoms. The molecule has 0 aliphatic carbocycles. The maximum absolute atomic E-state index is 13.4. The Morgan fingerprint density at radius 1 is 1.00 bits per heavy atom. The number of anilines is 1. The molecule has 1 heterocycles. The van der Waals surface area contributed by atoms with Gasteiger partial charge in [-0.25, -0.2) is 0 Å². The van der Waals surface area contributed by atoms with E-state index in [-0.39, 0.29) is 25.3 Å². The molecule has 0 bridgehead atoms. The van der Waals surface area contributed by atoms with Crippen LogP contribution in [0.1, 0.15) is 25.0 Å². The van der Waals surface area contributed by atoms with Gasteiger partial charge in [0.05, 0.1) is 25.4 Å². The minimum absolute atomic E-state index is 0.0493. The summed E-state index contributed by atoms with van der Waals surface area (Å²) in [6, 6.07) is 16.2. The Balaban J connectivity index is 2.10. The zero-order valence-corrected chi connectivity index (χ0v) is 15.7. The van der Waals surface area contributed by atoms with E-state index in [1.165, 1.54) is 4.90 Å². The van der Waals surface area contributed by atoms with E-state index in [0.29, 0.717) is 5.69 Å². The SMILES string of the molecule is CCOP(=O)(OCC)C1(O)C(=O)N(Cc2ccccc2)c2ccccc21. The molecule has 1 unspecified atom stereocenters. The van der Waals surface area contributed by atoms with Gasteiger partial charge in [-0.1, -0.05) is 48.5 Å². The van der Waals surface area contributed by atoms with Gasteiger partial charge in [0.1, 0.15) is 0 Å². The van der Waals surface area contributed by atoms with Crippen molar-refractivity contribution in [1.29, 1.82) is 0 Å². The Labute approximate surface area is 152 Å². The maximum Gasteiger partial charge on any atom is 0.376 e. The summed E-state index contributed by atoms with van der Waals surface area (Å²) in [4.78, 5) is 14.7. The van der Waals surface area contributed by atoms with E-state index in [1.54, 1.807) is 38.1 Å². The van der Waals surface area contributed by atoms with Crippen molar-refractivity contribution in [3.63, 3.8) is 0 Å². The number of rotatable bonds is 7. The first kappa shape index (κ1) is 18.8. The molecule has 0 radical (unpaired) electrons. The van der Waals surface area contributed by atoms with Crippen LogP contribution in [0.3, 0.4) is 0 Å². The van der Waals surface area contributed by atoms with Gasteiger partial charge in [0.15, 0.2) is 0 Å². The lowest BCUT2D eigenvalue weighted by atomic mass is 10.1. The van der Waals surface area contributed by atoms with E-state index in [1.807, 2.05) is 30.3 Å². The number of hydrogen-bond acceptors (Lipinski definition) is 5. The molecule has 1 aliphatic heterocycles. The number of fused-ring (bicyclic) bond motifs is 1. The second-order valence-corrected chi connectivity index (χ2v) is 8.06. The molecule has 2 aromatic carbocycles. The second kappa shape index (κ2) is 7.33. The van der Waals surface area contributed by atoms with Crippen molar-refractivity contribution in [3.8, 4) is 0 Å². The minimum Gasteiger partial charge on any atom is -0.366 e. The molecular formula is C19H22NO5P. The fourth-order valence-corrected chi connectivity index (χ4v) is 5.14. The second-order valence-electron chi connectivity index (χ2n) is 5.90. The predicted octanol–water partition coefficient (Wildman–Crippen LogP) is 3.64. The molecule has 0 spiro atoms. The highest BCUT2D eigenvalue weighted by Gasteiger charge is 2.63. The summed E-state index contributed by atoms with van der Waals surface area (Å²) in [6.45, 7) is 3.63. The molecule has 1 amide bonds. The number of amides is 1. The first-order valence-corrected chi connectivity index (χ1v) is 10.1. The average molecular weight is 375 g/mol.